The van der Waals surface area contributed by atoms with Gasteiger partial charge in [-0.1, -0.05) is 12.8 Å². The molecule has 0 aromatic heterocycles. The van der Waals surface area contributed by atoms with Crippen LogP contribution in [0.15, 0.2) is 0 Å². The molecule has 8 N–H and O–H groups in total. The second kappa shape index (κ2) is 14.9. The zero-order chi connectivity index (χ0) is 26.6. The third-order valence-corrected chi connectivity index (χ3v) is 9.39. The number of sulfone groups is 2. The summed E-state index contributed by atoms with van der Waals surface area (Å²) in [6.45, 7) is 2.35. The van der Waals surface area contributed by atoms with Gasteiger partial charge in [0.05, 0.1) is 35.2 Å². The maximum Gasteiger partial charge on any atom is 0.314 e. The van der Waals surface area contributed by atoms with Crippen LogP contribution in [0.5, 0.6) is 0 Å². The molecule has 0 aromatic rings. The summed E-state index contributed by atoms with van der Waals surface area (Å²) in [4.78, 5) is 23.5. The molecule has 2 saturated heterocycles. The van der Waals surface area contributed by atoms with E-state index in [9.17, 15) is 36.6 Å². The first-order valence-corrected chi connectivity index (χ1v) is 15.9. The topological polar surface area (TPSA) is 215 Å². The molecule has 16 heteroatoms. The molecule has 2 fully saturated rings. The number of hydrogen-bond acceptors (Lipinski definition) is 10. The quantitative estimate of drug-likeness (QED) is 0.0937. The van der Waals surface area contributed by atoms with Gasteiger partial charge < -0.3 is 42.1 Å². The minimum absolute atomic E-state index is 0.0972. The highest BCUT2D eigenvalue weighted by molar-refractivity contribution is 7.92. The molecule has 2 aliphatic rings. The van der Waals surface area contributed by atoms with Crippen LogP contribution in [0.25, 0.3) is 0 Å². The Balaban J connectivity index is 1.35. The van der Waals surface area contributed by atoms with E-state index in [2.05, 4.69) is 31.9 Å². The molecule has 36 heavy (non-hydrogen) atoms. The van der Waals surface area contributed by atoms with E-state index in [1.54, 1.807) is 0 Å². The van der Waals surface area contributed by atoms with Gasteiger partial charge >= 0.3 is 12.1 Å². The molecule has 2 aliphatic heterocycles. The molecule has 0 aliphatic carbocycles. The molecule has 2 heterocycles. The minimum Gasteiger partial charge on any atom is -0.390 e. The normalized spacial score (nSPS) is 26.4. The molecule has 0 radical (unpaired) electrons. The molecule has 210 valence electrons. The number of rotatable bonds is 15. The van der Waals surface area contributed by atoms with Gasteiger partial charge in [0.25, 0.3) is 0 Å². The van der Waals surface area contributed by atoms with Gasteiger partial charge in [0, 0.05) is 51.4 Å². The van der Waals surface area contributed by atoms with E-state index >= 15 is 0 Å². The van der Waals surface area contributed by atoms with Crippen molar-refractivity contribution in [2.45, 2.75) is 50.0 Å². The summed E-state index contributed by atoms with van der Waals surface area (Å²) in [5.74, 6) is -0.659. The highest BCUT2D eigenvalue weighted by atomic mass is 32.2. The van der Waals surface area contributed by atoms with Crippen LogP contribution in [-0.2, 0) is 19.7 Å². The lowest BCUT2D eigenvalue weighted by Gasteiger charge is -2.15. The first-order chi connectivity index (χ1) is 17.0. The molecule has 14 nitrogen and oxygen atoms in total. The van der Waals surface area contributed by atoms with Gasteiger partial charge in [-0.3, -0.25) is 0 Å². The lowest BCUT2D eigenvalue weighted by Crippen LogP contribution is -2.44. The Morgan fingerprint density at radius 3 is 1.25 bits per heavy atom. The Morgan fingerprint density at radius 2 is 0.917 bits per heavy atom. The SMILES string of the molecule is O=C(NCCCCCCNC(=O)NCCNC1CS(=O)(=O)CC1O)NCCNC1CS(=O)(=O)CC1O. The van der Waals surface area contributed by atoms with Gasteiger partial charge in [0.1, 0.15) is 0 Å². The summed E-state index contributed by atoms with van der Waals surface area (Å²) in [6.07, 6.45) is 1.51. The van der Waals surface area contributed by atoms with Crippen LogP contribution < -0.4 is 31.9 Å². The standard InChI is InChI=1S/C20H40N6O8S2/c27-17-13-35(31,32)11-15(17)21-7-9-25-19(29)23-5-3-1-2-4-6-24-20(30)26-10-8-22-16-12-36(33,34)14-18(16)28/h15-18,21-22,27-28H,1-14H2,(H2,23,25,29)(H2,24,26,30). The van der Waals surface area contributed by atoms with Crippen molar-refractivity contribution < 1.29 is 36.6 Å². The predicted octanol–water partition coefficient (Wildman–Crippen LogP) is -3.36. The van der Waals surface area contributed by atoms with Gasteiger partial charge in [0.15, 0.2) is 19.7 Å². The number of nitrogens with one attached hydrogen (secondary N) is 6. The molecule has 4 amide bonds. The molecular weight excluding hydrogens is 516 g/mol. The lowest BCUT2D eigenvalue weighted by atomic mass is 10.2. The zero-order valence-electron chi connectivity index (χ0n) is 20.4. The second-order valence-corrected chi connectivity index (χ2v) is 13.5. The van der Waals surface area contributed by atoms with Gasteiger partial charge in [-0.05, 0) is 12.8 Å². The molecule has 4 unspecified atom stereocenters. The Kier molecular flexibility index (Phi) is 12.6. The maximum absolute atomic E-state index is 11.8. The largest absolute Gasteiger partial charge is 0.390 e. The summed E-state index contributed by atoms with van der Waals surface area (Å²) < 4.78 is 45.8. The van der Waals surface area contributed by atoms with E-state index in [0.717, 1.165) is 25.7 Å². The average molecular weight is 557 g/mol. The zero-order valence-corrected chi connectivity index (χ0v) is 22.0. The number of urea groups is 2. The Labute approximate surface area is 212 Å². The van der Waals surface area contributed by atoms with Crippen LogP contribution in [-0.4, -0.2) is 126 Å². The van der Waals surface area contributed by atoms with Crippen LogP contribution in [0.2, 0.25) is 0 Å². The summed E-state index contributed by atoms with van der Waals surface area (Å²) in [5.41, 5.74) is 0. The first kappa shape index (κ1) is 30.5. The highest BCUT2D eigenvalue weighted by Crippen LogP contribution is 2.12. The number of carbonyl (C=O) groups is 2. The van der Waals surface area contributed by atoms with E-state index in [1.807, 2.05) is 0 Å². The average Bonchev–Trinajstić information content (AvgIpc) is 3.21. The van der Waals surface area contributed by atoms with Crippen LogP contribution in [0.4, 0.5) is 9.59 Å². The van der Waals surface area contributed by atoms with Gasteiger partial charge in [-0.2, -0.15) is 0 Å². The molecule has 0 saturated carbocycles. The van der Waals surface area contributed by atoms with Crippen molar-refractivity contribution in [1.29, 1.82) is 0 Å². The predicted molar refractivity (Wildman–Crippen MR) is 134 cm³/mol. The van der Waals surface area contributed by atoms with E-state index in [-0.39, 0.29) is 35.1 Å². The third-order valence-electron chi connectivity index (χ3n) is 5.95. The van der Waals surface area contributed by atoms with Crippen LogP contribution in [0.1, 0.15) is 25.7 Å². The number of carbonyl (C=O) groups excluding carboxylic acids is 2. The molecule has 0 bridgehead atoms. The monoisotopic (exact) mass is 556 g/mol. The first-order valence-electron chi connectivity index (χ1n) is 12.2. The van der Waals surface area contributed by atoms with Gasteiger partial charge in [-0.15, -0.1) is 0 Å². The van der Waals surface area contributed by atoms with Crippen molar-refractivity contribution in [2.24, 2.45) is 0 Å². The highest BCUT2D eigenvalue weighted by Gasteiger charge is 2.36. The minimum atomic E-state index is -3.20. The Hall–Kier alpha value is -1.72. The van der Waals surface area contributed by atoms with Crippen molar-refractivity contribution >= 4 is 31.7 Å². The van der Waals surface area contributed by atoms with E-state index in [1.165, 1.54) is 0 Å². The fraction of sp³-hybridized carbons (Fsp3) is 0.900. The van der Waals surface area contributed by atoms with Crippen molar-refractivity contribution in [3.63, 3.8) is 0 Å². The Bertz CT molecular complexity index is 843. The number of aliphatic hydroxyl groups is 2. The third kappa shape index (κ3) is 12.0. The summed E-state index contributed by atoms with van der Waals surface area (Å²) in [6, 6.07) is -1.63. The molecule has 4 atom stereocenters. The lowest BCUT2D eigenvalue weighted by molar-refractivity contribution is 0.166. The summed E-state index contributed by atoms with van der Waals surface area (Å²) in [5, 5.41) is 36.1. The summed E-state index contributed by atoms with van der Waals surface area (Å²) >= 11 is 0. The van der Waals surface area contributed by atoms with Gasteiger partial charge in [0.2, 0.25) is 0 Å². The smallest absolute Gasteiger partial charge is 0.314 e. The molecule has 0 aromatic carbocycles. The summed E-state index contributed by atoms with van der Waals surface area (Å²) in [7, 11) is -6.40. The van der Waals surface area contributed by atoms with Gasteiger partial charge in [-0.25, -0.2) is 26.4 Å². The molecular formula is C20H40N6O8S2. The van der Waals surface area contributed by atoms with Crippen LogP contribution in [0, 0.1) is 0 Å². The molecule has 0 spiro atoms. The molecule has 2 rings (SSSR count). The number of aliphatic hydroxyl groups excluding tert-OH is 2. The fourth-order valence-electron chi connectivity index (χ4n) is 4.05. The second-order valence-electron chi connectivity index (χ2n) is 9.19. The van der Waals surface area contributed by atoms with E-state index in [4.69, 9.17) is 0 Å². The van der Waals surface area contributed by atoms with E-state index in [0.29, 0.717) is 39.3 Å². The number of amides is 4. The van der Waals surface area contributed by atoms with Crippen molar-refractivity contribution in [1.82, 2.24) is 31.9 Å². The van der Waals surface area contributed by atoms with Crippen LogP contribution in [0.3, 0.4) is 0 Å². The van der Waals surface area contributed by atoms with E-state index < -0.39 is 44.0 Å². The van der Waals surface area contributed by atoms with Crippen LogP contribution >= 0.6 is 0 Å². The number of hydrogen-bond donors (Lipinski definition) is 8. The fourth-order valence-corrected chi connectivity index (χ4v) is 7.60. The van der Waals surface area contributed by atoms with Crippen molar-refractivity contribution in [3.05, 3.63) is 0 Å². The van der Waals surface area contributed by atoms with Crippen molar-refractivity contribution in [2.75, 3.05) is 62.3 Å². The number of unbranched alkanes of at least 4 members (excludes halogenated alkanes) is 3. The van der Waals surface area contributed by atoms with Crippen molar-refractivity contribution in [3.8, 4) is 0 Å². The Morgan fingerprint density at radius 1 is 0.556 bits per heavy atom. The maximum atomic E-state index is 11.8.